The first-order chi connectivity index (χ1) is 12.2. The van der Waals surface area contributed by atoms with Crippen LogP contribution in [0.4, 0.5) is 5.69 Å². The van der Waals surface area contributed by atoms with Crippen LogP contribution in [0.5, 0.6) is 5.75 Å². The van der Waals surface area contributed by atoms with E-state index in [0.717, 1.165) is 17.0 Å². The molecule has 5 nitrogen and oxygen atoms in total. The lowest BCUT2D eigenvalue weighted by Gasteiger charge is -2.17. The van der Waals surface area contributed by atoms with Crippen molar-refractivity contribution in [2.75, 3.05) is 25.2 Å². The van der Waals surface area contributed by atoms with E-state index < -0.39 is 11.9 Å². The molecule has 0 N–H and O–H groups in total. The van der Waals surface area contributed by atoms with Gasteiger partial charge in [-0.1, -0.05) is 30.3 Å². The quantitative estimate of drug-likeness (QED) is 0.621. The SMILES string of the molecule is CCOC(=O)[C@H]1C(=O)N(c2ccc(OC)cc2)C[C@@H]1c1ccccc1. The van der Waals surface area contributed by atoms with Crippen LogP contribution in [0.25, 0.3) is 0 Å². The molecule has 0 bridgehead atoms. The van der Waals surface area contributed by atoms with Crippen molar-refractivity contribution in [2.24, 2.45) is 5.92 Å². The zero-order valence-electron chi connectivity index (χ0n) is 14.3. The average Bonchev–Trinajstić information content (AvgIpc) is 3.00. The van der Waals surface area contributed by atoms with Crippen LogP contribution in [0.2, 0.25) is 0 Å². The summed E-state index contributed by atoms with van der Waals surface area (Å²) in [7, 11) is 1.60. The van der Waals surface area contributed by atoms with Crippen molar-refractivity contribution in [2.45, 2.75) is 12.8 Å². The summed E-state index contributed by atoms with van der Waals surface area (Å²) in [4.78, 5) is 27.0. The number of carbonyl (C=O) groups is 2. The number of esters is 1. The number of nitrogens with zero attached hydrogens (tertiary/aromatic N) is 1. The van der Waals surface area contributed by atoms with E-state index in [1.54, 1.807) is 31.1 Å². The lowest BCUT2D eigenvalue weighted by atomic mass is 9.89. The van der Waals surface area contributed by atoms with Gasteiger partial charge in [0.25, 0.3) is 0 Å². The Balaban J connectivity index is 1.94. The lowest BCUT2D eigenvalue weighted by molar-refractivity contribution is -0.150. The topological polar surface area (TPSA) is 55.8 Å². The van der Waals surface area contributed by atoms with Crippen LogP contribution < -0.4 is 9.64 Å². The molecule has 130 valence electrons. The Morgan fingerprint density at radius 1 is 1.12 bits per heavy atom. The summed E-state index contributed by atoms with van der Waals surface area (Å²) < 4.78 is 10.3. The predicted molar refractivity (Wildman–Crippen MR) is 94.7 cm³/mol. The Labute approximate surface area is 147 Å². The molecule has 0 spiro atoms. The van der Waals surface area contributed by atoms with Crippen LogP contribution in [0, 0.1) is 5.92 Å². The molecule has 0 aromatic heterocycles. The first-order valence-corrected chi connectivity index (χ1v) is 8.32. The van der Waals surface area contributed by atoms with Gasteiger partial charge in [0.2, 0.25) is 5.91 Å². The Bertz CT molecular complexity index is 742. The second-order valence-corrected chi connectivity index (χ2v) is 5.89. The molecule has 1 aliphatic heterocycles. The largest absolute Gasteiger partial charge is 0.497 e. The van der Waals surface area contributed by atoms with Gasteiger partial charge >= 0.3 is 5.97 Å². The number of ether oxygens (including phenoxy) is 2. The smallest absolute Gasteiger partial charge is 0.319 e. The number of carbonyl (C=O) groups excluding carboxylic acids is 2. The number of hydrogen-bond donors (Lipinski definition) is 0. The van der Waals surface area contributed by atoms with Gasteiger partial charge < -0.3 is 14.4 Å². The van der Waals surface area contributed by atoms with E-state index in [1.165, 1.54) is 0 Å². The molecule has 2 aromatic rings. The predicted octanol–water partition coefficient (Wildman–Crippen LogP) is 3.00. The van der Waals surface area contributed by atoms with Crippen molar-refractivity contribution in [1.82, 2.24) is 0 Å². The number of amides is 1. The third kappa shape index (κ3) is 3.36. The molecule has 3 rings (SSSR count). The van der Waals surface area contributed by atoms with Crippen LogP contribution in [-0.2, 0) is 14.3 Å². The summed E-state index contributed by atoms with van der Waals surface area (Å²) >= 11 is 0. The lowest BCUT2D eigenvalue weighted by Crippen LogP contribution is -2.31. The fraction of sp³-hybridized carbons (Fsp3) is 0.300. The first kappa shape index (κ1) is 17.0. The molecule has 0 aliphatic carbocycles. The molecular weight excluding hydrogens is 318 g/mol. The fourth-order valence-electron chi connectivity index (χ4n) is 3.22. The Morgan fingerprint density at radius 2 is 1.80 bits per heavy atom. The highest BCUT2D eigenvalue weighted by atomic mass is 16.5. The summed E-state index contributed by atoms with van der Waals surface area (Å²) in [6.07, 6.45) is 0. The highest BCUT2D eigenvalue weighted by Gasteiger charge is 2.47. The summed E-state index contributed by atoms with van der Waals surface area (Å²) in [5.41, 5.74) is 1.71. The minimum Gasteiger partial charge on any atom is -0.497 e. The zero-order valence-corrected chi connectivity index (χ0v) is 14.3. The summed E-state index contributed by atoms with van der Waals surface area (Å²) in [5.74, 6) is -1.01. The van der Waals surface area contributed by atoms with Crippen molar-refractivity contribution in [3.05, 3.63) is 60.2 Å². The summed E-state index contributed by atoms with van der Waals surface area (Å²) in [6, 6.07) is 16.9. The maximum absolute atomic E-state index is 13.0. The molecule has 1 aliphatic rings. The summed E-state index contributed by atoms with van der Waals surface area (Å²) in [5, 5.41) is 0. The molecule has 1 fully saturated rings. The number of anilines is 1. The maximum atomic E-state index is 13.0. The van der Waals surface area contributed by atoms with Gasteiger partial charge in [-0.05, 0) is 36.8 Å². The fourth-order valence-corrected chi connectivity index (χ4v) is 3.22. The van der Waals surface area contributed by atoms with Crippen molar-refractivity contribution < 1.29 is 19.1 Å². The highest BCUT2D eigenvalue weighted by molar-refractivity contribution is 6.09. The average molecular weight is 339 g/mol. The first-order valence-electron chi connectivity index (χ1n) is 8.32. The van der Waals surface area contributed by atoms with E-state index >= 15 is 0 Å². The molecule has 0 saturated carbocycles. The molecule has 0 radical (unpaired) electrons. The van der Waals surface area contributed by atoms with Crippen LogP contribution in [0.3, 0.4) is 0 Å². The molecule has 0 unspecified atom stereocenters. The molecule has 1 heterocycles. The number of hydrogen-bond acceptors (Lipinski definition) is 4. The van der Waals surface area contributed by atoms with Crippen LogP contribution in [-0.4, -0.2) is 32.1 Å². The van der Waals surface area contributed by atoms with Gasteiger partial charge in [0.05, 0.1) is 13.7 Å². The van der Waals surface area contributed by atoms with Gasteiger partial charge in [-0.3, -0.25) is 9.59 Å². The molecule has 2 atom stereocenters. The molecule has 1 amide bonds. The van der Waals surface area contributed by atoms with Crippen LogP contribution in [0.1, 0.15) is 18.4 Å². The maximum Gasteiger partial charge on any atom is 0.319 e. The minimum absolute atomic E-state index is 0.225. The third-order valence-electron chi connectivity index (χ3n) is 4.47. The van der Waals surface area contributed by atoms with E-state index in [2.05, 4.69) is 0 Å². The van der Waals surface area contributed by atoms with Crippen LogP contribution >= 0.6 is 0 Å². The molecule has 1 saturated heterocycles. The normalized spacial score (nSPS) is 19.8. The van der Waals surface area contributed by atoms with Crippen LogP contribution in [0.15, 0.2) is 54.6 Å². The van der Waals surface area contributed by atoms with Crippen molar-refractivity contribution in [3.8, 4) is 5.75 Å². The second kappa shape index (κ2) is 7.38. The Morgan fingerprint density at radius 3 is 2.40 bits per heavy atom. The van der Waals surface area contributed by atoms with E-state index in [0.29, 0.717) is 6.54 Å². The van der Waals surface area contributed by atoms with Gasteiger partial charge in [-0.2, -0.15) is 0 Å². The minimum atomic E-state index is -0.815. The van der Waals surface area contributed by atoms with Crippen molar-refractivity contribution in [1.29, 1.82) is 0 Å². The highest BCUT2D eigenvalue weighted by Crippen LogP contribution is 2.37. The van der Waals surface area contributed by atoms with Crippen molar-refractivity contribution >= 4 is 17.6 Å². The van der Waals surface area contributed by atoms with E-state index in [-0.39, 0.29) is 18.4 Å². The molecular formula is C20H21NO4. The van der Waals surface area contributed by atoms with Gasteiger partial charge in [-0.15, -0.1) is 0 Å². The Kier molecular flexibility index (Phi) is 5.03. The Hall–Kier alpha value is -2.82. The molecule has 5 heteroatoms. The monoisotopic (exact) mass is 339 g/mol. The number of rotatable bonds is 5. The number of methoxy groups -OCH3 is 1. The molecule has 25 heavy (non-hydrogen) atoms. The third-order valence-corrected chi connectivity index (χ3v) is 4.47. The second-order valence-electron chi connectivity index (χ2n) is 5.89. The van der Waals surface area contributed by atoms with E-state index in [1.807, 2.05) is 42.5 Å². The number of benzene rings is 2. The van der Waals surface area contributed by atoms with Gasteiger partial charge in [0, 0.05) is 18.2 Å². The zero-order chi connectivity index (χ0) is 17.8. The van der Waals surface area contributed by atoms with Gasteiger partial charge in [0.15, 0.2) is 0 Å². The summed E-state index contributed by atoms with van der Waals surface area (Å²) in [6.45, 7) is 2.45. The van der Waals surface area contributed by atoms with E-state index in [9.17, 15) is 9.59 Å². The standard InChI is InChI=1S/C20H21NO4/c1-3-25-20(23)18-17(14-7-5-4-6-8-14)13-21(19(18)22)15-9-11-16(24-2)12-10-15/h4-12,17-18H,3,13H2,1-2H3/t17-,18-/m1/s1. The van der Waals surface area contributed by atoms with Gasteiger partial charge in [0.1, 0.15) is 11.7 Å². The van der Waals surface area contributed by atoms with E-state index in [4.69, 9.17) is 9.47 Å². The van der Waals surface area contributed by atoms with Crippen molar-refractivity contribution in [3.63, 3.8) is 0 Å². The van der Waals surface area contributed by atoms with Gasteiger partial charge in [-0.25, -0.2) is 0 Å². The molecule has 2 aromatic carbocycles.